The zero-order valence-electron chi connectivity index (χ0n) is 19.6. The quantitative estimate of drug-likeness (QED) is 0.585. The zero-order valence-corrected chi connectivity index (χ0v) is 19.6. The number of nitrogens with zero attached hydrogens (tertiary/aromatic N) is 2. The lowest BCUT2D eigenvalue weighted by molar-refractivity contribution is -0.142. The maximum atomic E-state index is 13.2. The van der Waals surface area contributed by atoms with E-state index < -0.39 is 41.9 Å². The minimum Gasteiger partial charge on any atom is -0.444 e. The van der Waals surface area contributed by atoms with Gasteiger partial charge in [-0.05, 0) is 37.2 Å². The van der Waals surface area contributed by atoms with E-state index in [-0.39, 0.29) is 31.3 Å². The number of nitrogens with two attached hydrogens (primary N) is 1. The molecule has 0 unspecified atom stereocenters. The lowest BCUT2D eigenvalue weighted by atomic mass is 10.0. The van der Waals surface area contributed by atoms with Crippen LogP contribution in [0.4, 0.5) is 4.79 Å². The normalized spacial score (nSPS) is 21.0. The van der Waals surface area contributed by atoms with Crippen LogP contribution in [0.15, 0.2) is 30.3 Å². The first-order valence-electron chi connectivity index (χ1n) is 11.6. The summed E-state index contributed by atoms with van der Waals surface area (Å²) in [5.41, 5.74) is 6.20. The lowest BCUT2D eigenvalue weighted by Crippen LogP contribution is -2.56. The number of likely N-dealkylation sites (tertiary alicyclic amines) is 2. The molecule has 2 heterocycles. The number of imide groups is 1. The van der Waals surface area contributed by atoms with Gasteiger partial charge in [-0.3, -0.25) is 19.2 Å². The van der Waals surface area contributed by atoms with Crippen LogP contribution in [0.2, 0.25) is 0 Å². The van der Waals surface area contributed by atoms with E-state index >= 15 is 0 Å². The number of hydrogen-bond donors (Lipinski definition) is 2. The molecule has 1 aromatic rings. The summed E-state index contributed by atoms with van der Waals surface area (Å²) < 4.78 is 5.26. The first-order chi connectivity index (χ1) is 16.2. The maximum absolute atomic E-state index is 13.2. The number of benzene rings is 1. The van der Waals surface area contributed by atoms with E-state index in [9.17, 15) is 24.0 Å². The molecule has 2 aliphatic heterocycles. The fourth-order valence-electron chi connectivity index (χ4n) is 4.44. The standard InChI is InChI=1S/C24H32N4O6/c1-15(2)13-17(23(32)27-12-6-9-18(27)21(25)30)26-22(31)19-10-11-20(29)28(19)24(33)34-14-16-7-4-3-5-8-16/h3-5,7-8,15,17-19H,6,9-14H2,1-2H3,(H2,25,30)(H,26,31)/t17-,18-,19+/m0/s1. The van der Waals surface area contributed by atoms with Crippen molar-refractivity contribution in [3.05, 3.63) is 35.9 Å². The van der Waals surface area contributed by atoms with E-state index in [1.807, 2.05) is 19.9 Å². The minimum atomic E-state index is -1.07. The zero-order chi connectivity index (χ0) is 24.8. The predicted molar refractivity (Wildman–Crippen MR) is 122 cm³/mol. The van der Waals surface area contributed by atoms with Crippen LogP contribution >= 0.6 is 0 Å². The Hall–Kier alpha value is -3.43. The summed E-state index contributed by atoms with van der Waals surface area (Å²) in [5, 5.41) is 2.72. The van der Waals surface area contributed by atoms with Crippen molar-refractivity contribution >= 4 is 29.7 Å². The van der Waals surface area contributed by atoms with Crippen molar-refractivity contribution in [2.75, 3.05) is 6.54 Å². The minimum absolute atomic E-state index is 0.0250. The van der Waals surface area contributed by atoms with Gasteiger partial charge in [0.25, 0.3) is 0 Å². The molecular formula is C24H32N4O6. The molecule has 0 radical (unpaired) electrons. The lowest BCUT2D eigenvalue weighted by Gasteiger charge is -2.30. The van der Waals surface area contributed by atoms with Crippen molar-refractivity contribution < 1.29 is 28.7 Å². The molecule has 0 bridgehead atoms. The van der Waals surface area contributed by atoms with Gasteiger partial charge in [-0.1, -0.05) is 44.2 Å². The number of carbonyl (C=O) groups is 5. The molecule has 3 atom stereocenters. The molecule has 0 spiro atoms. The Balaban J connectivity index is 1.69. The Bertz CT molecular complexity index is 935. The van der Waals surface area contributed by atoms with Gasteiger partial charge < -0.3 is 20.7 Å². The second kappa shape index (κ2) is 11.1. The highest BCUT2D eigenvalue weighted by atomic mass is 16.6. The number of amides is 5. The van der Waals surface area contributed by atoms with Gasteiger partial charge in [-0.2, -0.15) is 0 Å². The number of carbonyl (C=O) groups excluding carboxylic acids is 5. The smallest absolute Gasteiger partial charge is 0.417 e. The first-order valence-corrected chi connectivity index (χ1v) is 11.6. The van der Waals surface area contributed by atoms with E-state index in [0.29, 0.717) is 25.8 Å². The molecular weight excluding hydrogens is 440 g/mol. The van der Waals surface area contributed by atoms with E-state index in [2.05, 4.69) is 5.32 Å². The SMILES string of the molecule is CC(C)C[C@H](NC(=O)[C@H]1CCC(=O)N1C(=O)OCc1ccccc1)C(=O)N1CCC[C@H]1C(N)=O. The molecule has 0 saturated carbocycles. The number of hydrogen-bond acceptors (Lipinski definition) is 6. The average Bonchev–Trinajstić information content (AvgIpc) is 3.44. The van der Waals surface area contributed by atoms with Gasteiger partial charge in [0.05, 0.1) is 0 Å². The van der Waals surface area contributed by atoms with Crippen molar-refractivity contribution in [3.63, 3.8) is 0 Å². The van der Waals surface area contributed by atoms with Crippen LogP contribution in [0, 0.1) is 5.92 Å². The summed E-state index contributed by atoms with van der Waals surface area (Å²) in [7, 11) is 0. The second-order valence-electron chi connectivity index (χ2n) is 9.14. The molecule has 3 rings (SSSR count). The Kier molecular flexibility index (Phi) is 8.25. The number of ether oxygens (including phenoxy) is 1. The highest BCUT2D eigenvalue weighted by molar-refractivity contribution is 6.01. The molecule has 3 N–H and O–H groups in total. The Labute approximate surface area is 198 Å². The molecule has 2 saturated heterocycles. The molecule has 10 heteroatoms. The molecule has 1 aromatic carbocycles. The summed E-state index contributed by atoms with van der Waals surface area (Å²) in [6.45, 7) is 4.18. The van der Waals surface area contributed by atoms with Crippen LogP contribution < -0.4 is 11.1 Å². The molecule has 2 aliphatic rings. The molecule has 184 valence electrons. The Morgan fingerprint density at radius 3 is 2.47 bits per heavy atom. The van der Waals surface area contributed by atoms with Gasteiger partial charge in [0, 0.05) is 13.0 Å². The van der Waals surface area contributed by atoms with Crippen LogP contribution in [0.25, 0.3) is 0 Å². The molecule has 2 fully saturated rings. The van der Waals surface area contributed by atoms with E-state index in [1.54, 1.807) is 24.3 Å². The molecule has 0 aliphatic carbocycles. The van der Waals surface area contributed by atoms with Gasteiger partial charge in [0.15, 0.2) is 0 Å². The highest BCUT2D eigenvalue weighted by Crippen LogP contribution is 2.23. The van der Waals surface area contributed by atoms with E-state index in [0.717, 1.165) is 10.5 Å². The second-order valence-corrected chi connectivity index (χ2v) is 9.14. The first kappa shape index (κ1) is 25.2. The third-order valence-corrected chi connectivity index (χ3v) is 6.10. The molecule has 10 nitrogen and oxygen atoms in total. The fourth-order valence-corrected chi connectivity index (χ4v) is 4.44. The van der Waals surface area contributed by atoms with Crippen LogP contribution in [-0.2, 0) is 30.5 Å². The van der Waals surface area contributed by atoms with Crippen molar-refractivity contribution in [1.82, 2.24) is 15.1 Å². The molecule has 5 amide bonds. The molecule has 34 heavy (non-hydrogen) atoms. The van der Waals surface area contributed by atoms with Crippen LogP contribution in [-0.4, -0.2) is 64.2 Å². The Morgan fingerprint density at radius 2 is 1.82 bits per heavy atom. The van der Waals surface area contributed by atoms with Gasteiger partial charge >= 0.3 is 6.09 Å². The van der Waals surface area contributed by atoms with Crippen molar-refractivity contribution in [2.45, 2.75) is 70.7 Å². The van der Waals surface area contributed by atoms with Crippen molar-refractivity contribution in [3.8, 4) is 0 Å². The summed E-state index contributed by atoms with van der Waals surface area (Å²) in [4.78, 5) is 65.4. The van der Waals surface area contributed by atoms with Gasteiger partial charge in [-0.25, -0.2) is 9.69 Å². The predicted octanol–water partition coefficient (Wildman–Crippen LogP) is 1.32. The van der Waals surface area contributed by atoms with Crippen LogP contribution in [0.3, 0.4) is 0 Å². The molecule has 0 aromatic heterocycles. The van der Waals surface area contributed by atoms with Crippen molar-refractivity contribution in [1.29, 1.82) is 0 Å². The fraction of sp³-hybridized carbons (Fsp3) is 0.542. The summed E-state index contributed by atoms with van der Waals surface area (Å²) in [5.74, 6) is -1.99. The average molecular weight is 473 g/mol. The number of nitrogens with one attached hydrogen (secondary N) is 1. The van der Waals surface area contributed by atoms with Crippen LogP contribution in [0.5, 0.6) is 0 Å². The monoisotopic (exact) mass is 472 g/mol. The van der Waals surface area contributed by atoms with Crippen LogP contribution in [0.1, 0.15) is 51.5 Å². The number of primary amides is 1. The highest BCUT2D eigenvalue weighted by Gasteiger charge is 2.43. The van der Waals surface area contributed by atoms with Crippen molar-refractivity contribution in [2.24, 2.45) is 11.7 Å². The third-order valence-electron chi connectivity index (χ3n) is 6.10. The topological polar surface area (TPSA) is 139 Å². The summed E-state index contributed by atoms with van der Waals surface area (Å²) >= 11 is 0. The van der Waals surface area contributed by atoms with E-state index in [1.165, 1.54) is 4.90 Å². The summed E-state index contributed by atoms with van der Waals surface area (Å²) in [6, 6.07) is 6.33. The Morgan fingerprint density at radius 1 is 1.12 bits per heavy atom. The van der Waals surface area contributed by atoms with Gasteiger partial charge in [-0.15, -0.1) is 0 Å². The van der Waals surface area contributed by atoms with E-state index in [4.69, 9.17) is 10.5 Å². The van der Waals surface area contributed by atoms with Gasteiger partial charge in [0.2, 0.25) is 23.6 Å². The maximum Gasteiger partial charge on any atom is 0.417 e. The summed E-state index contributed by atoms with van der Waals surface area (Å²) in [6.07, 6.45) is 0.748. The third kappa shape index (κ3) is 5.92. The van der Waals surface area contributed by atoms with Gasteiger partial charge in [0.1, 0.15) is 24.7 Å². The largest absolute Gasteiger partial charge is 0.444 e. The number of rotatable bonds is 8.